The maximum atomic E-state index is 5.34. The first-order chi connectivity index (χ1) is 8.08. The van der Waals surface area contributed by atoms with Crippen LogP contribution < -0.4 is 9.46 Å². The lowest BCUT2D eigenvalue weighted by Gasteiger charge is -2.12. The molecule has 1 aromatic carbocycles. The molecule has 3 heteroatoms. The van der Waals surface area contributed by atoms with Crippen LogP contribution >= 0.6 is 11.9 Å². The number of benzene rings is 1. The number of allylic oxidation sites excluding steroid dienone is 2. The molecule has 2 nitrogen and oxygen atoms in total. The molecule has 0 aliphatic heterocycles. The minimum absolute atomic E-state index is 0.912. The van der Waals surface area contributed by atoms with Gasteiger partial charge in [0, 0.05) is 5.70 Å². The molecular weight excluding hydrogens is 230 g/mol. The Kier molecular flexibility index (Phi) is 5.42. The van der Waals surface area contributed by atoms with E-state index in [1.54, 1.807) is 19.1 Å². The molecule has 17 heavy (non-hydrogen) atoms. The molecule has 1 rings (SSSR count). The average Bonchev–Trinajstić information content (AvgIpc) is 2.35. The molecule has 94 valence electrons. The summed E-state index contributed by atoms with van der Waals surface area (Å²) in [6.45, 7) is 8.51. The van der Waals surface area contributed by atoms with Gasteiger partial charge >= 0.3 is 0 Å². The summed E-state index contributed by atoms with van der Waals surface area (Å²) in [5, 5.41) is 0. The van der Waals surface area contributed by atoms with Gasteiger partial charge in [0.1, 0.15) is 5.75 Å². The van der Waals surface area contributed by atoms with Crippen molar-refractivity contribution >= 4 is 11.9 Å². The molecule has 0 spiro atoms. The fourth-order valence-electron chi connectivity index (χ4n) is 1.35. The van der Waals surface area contributed by atoms with Gasteiger partial charge in [-0.1, -0.05) is 18.6 Å². The Morgan fingerprint density at radius 2 is 2.06 bits per heavy atom. The Morgan fingerprint density at radius 1 is 1.35 bits per heavy atom. The summed E-state index contributed by atoms with van der Waals surface area (Å²) in [4.78, 5) is 1.12. The number of hydrogen-bond acceptors (Lipinski definition) is 3. The summed E-state index contributed by atoms with van der Waals surface area (Å²) in [6, 6.07) is 6.19. The summed E-state index contributed by atoms with van der Waals surface area (Å²) in [7, 11) is 1.70. The van der Waals surface area contributed by atoms with Gasteiger partial charge in [-0.15, -0.1) is 0 Å². The second kappa shape index (κ2) is 6.60. The lowest BCUT2D eigenvalue weighted by molar-refractivity contribution is 0.404. The van der Waals surface area contributed by atoms with Gasteiger partial charge in [0.15, 0.2) is 0 Å². The monoisotopic (exact) mass is 251 g/mol. The Hall–Kier alpha value is -1.09. The van der Waals surface area contributed by atoms with Gasteiger partial charge in [-0.25, -0.2) is 0 Å². The van der Waals surface area contributed by atoms with Gasteiger partial charge in [0.05, 0.1) is 12.0 Å². The third-order valence-corrected chi connectivity index (χ3v) is 3.75. The standard InChI is InChI=1S/C14H21NOS/c1-6-11(3)12(4)15-17-14-9-10(2)7-8-13(14)16-5/h7-9,15H,6H2,1-5H3/b12-11-. The van der Waals surface area contributed by atoms with Crippen LogP contribution in [0.5, 0.6) is 5.75 Å². The molecule has 1 N–H and O–H groups in total. The number of nitrogens with one attached hydrogen (secondary N) is 1. The lowest BCUT2D eigenvalue weighted by atomic mass is 10.2. The largest absolute Gasteiger partial charge is 0.496 e. The van der Waals surface area contributed by atoms with Crippen LogP contribution in [0.2, 0.25) is 0 Å². The van der Waals surface area contributed by atoms with Crippen molar-refractivity contribution in [1.82, 2.24) is 4.72 Å². The van der Waals surface area contributed by atoms with Gasteiger partial charge < -0.3 is 9.46 Å². The second-order valence-corrected chi connectivity index (χ2v) is 4.97. The van der Waals surface area contributed by atoms with E-state index < -0.39 is 0 Å². The number of methoxy groups -OCH3 is 1. The number of rotatable bonds is 5. The van der Waals surface area contributed by atoms with E-state index in [0.29, 0.717) is 0 Å². The average molecular weight is 251 g/mol. The van der Waals surface area contributed by atoms with Crippen LogP contribution in [0.25, 0.3) is 0 Å². The summed E-state index contributed by atoms with van der Waals surface area (Å²) in [5.74, 6) is 0.912. The molecule has 0 radical (unpaired) electrons. The highest BCUT2D eigenvalue weighted by atomic mass is 32.2. The summed E-state index contributed by atoms with van der Waals surface area (Å²) in [6.07, 6.45) is 1.07. The van der Waals surface area contributed by atoms with Crippen LogP contribution in [0.1, 0.15) is 32.8 Å². The lowest BCUT2D eigenvalue weighted by Crippen LogP contribution is -2.03. The predicted molar refractivity (Wildman–Crippen MR) is 75.4 cm³/mol. The second-order valence-electron chi connectivity index (χ2n) is 4.12. The highest BCUT2D eigenvalue weighted by molar-refractivity contribution is 7.97. The molecule has 0 heterocycles. The van der Waals surface area contributed by atoms with Crippen molar-refractivity contribution in [2.24, 2.45) is 0 Å². The minimum atomic E-state index is 0.912. The Labute approximate surface area is 109 Å². The van der Waals surface area contributed by atoms with Gasteiger partial charge in [-0.2, -0.15) is 0 Å². The van der Waals surface area contributed by atoms with E-state index >= 15 is 0 Å². The zero-order valence-corrected chi connectivity index (χ0v) is 12.1. The first kappa shape index (κ1) is 14.0. The molecule has 1 aromatic rings. The first-order valence-corrected chi connectivity index (χ1v) is 6.64. The van der Waals surface area contributed by atoms with E-state index in [-0.39, 0.29) is 0 Å². The summed E-state index contributed by atoms with van der Waals surface area (Å²) >= 11 is 1.60. The topological polar surface area (TPSA) is 21.3 Å². The Morgan fingerprint density at radius 3 is 2.65 bits per heavy atom. The van der Waals surface area contributed by atoms with Crippen molar-refractivity contribution in [1.29, 1.82) is 0 Å². The van der Waals surface area contributed by atoms with Crippen molar-refractivity contribution in [3.63, 3.8) is 0 Å². The summed E-state index contributed by atoms with van der Waals surface area (Å²) in [5.41, 5.74) is 3.84. The maximum absolute atomic E-state index is 5.34. The molecule has 0 amide bonds. The molecule has 0 bridgehead atoms. The number of ether oxygens (including phenoxy) is 1. The van der Waals surface area contributed by atoms with E-state index in [1.165, 1.54) is 16.8 Å². The van der Waals surface area contributed by atoms with E-state index in [9.17, 15) is 0 Å². The fourth-order valence-corrected chi connectivity index (χ4v) is 2.28. The van der Waals surface area contributed by atoms with Crippen molar-refractivity contribution in [2.75, 3.05) is 7.11 Å². The predicted octanol–water partition coefficient (Wildman–Crippen LogP) is 4.30. The quantitative estimate of drug-likeness (QED) is 0.788. The minimum Gasteiger partial charge on any atom is -0.496 e. The van der Waals surface area contributed by atoms with E-state index in [1.807, 2.05) is 6.07 Å². The van der Waals surface area contributed by atoms with Crippen LogP contribution in [-0.4, -0.2) is 7.11 Å². The van der Waals surface area contributed by atoms with Crippen LogP contribution in [-0.2, 0) is 0 Å². The molecule has 0 unspecified atom stereocenters. The van der Waals surface area contributed by atoms with Crippen molar-refractivity contribution in [3.8, 4) is 5.75 Å². The molecule has 0 fully saturated rings. The third kappa shape index (κ3) is 4.00. The summed E-state index contributed by atoms with van der Waals surface area (Å²) < 4.78 is 8.71. The molecule has 0 aliphatic rings. The SMILES string of the molecule is CC/C(C)=C(/C)NSc1cc(C)ccc1OC. The molecule has 0 aliphatic carbocycles. The smallest absolute Gasteiger partial charge is 0.134 e. The zero-order chi connectivity index (χ0) is 12.8. The maximum Gasteiger partial charge on any atom is 0.134 e. The van der Waals surface area contributed by atoms with Crippen LogP contribution in [0.3, 0.4) is 0 Å². The van der Waals surface area contributed by atoms with E-state index in [2.05, 4.69) is 44.5 Å². The molecule has 0 saturated heterocycles. The number of aryl methyl sites for hydroxylation is 1. The van der Waals surface area contributed by atoms with Crippen LogP contribution in [0, 0.1) is 6.92 Å². The van der Waals surface area contributed by atoms with E-state index in [0.717, 1.165) is 17.1 Å². The Bertz CT molecular complexity index is 413. The Balaban J connectivity index is 2.78. The van der Waals surface area contributed by atoms with Crippen LogP contribution in [0.4, 0.5) is 0 Å². The highest BCUT2D eigenvalue weighted by Gasteiger charge is 2.04. The number of hydrogen-bond donors (Lipinski definition) is 1. The normalized spacial score (nSPS) is 12.1. The first-order valence-electron chi connectivity index (χ1n) is 5.82. The zero-order valence-electron chi connectivity index (χ0n) is 11.3. The van der Waals surface area contributed by atoms with Crippen molar-refractivity contribution in [2.45, 2.75) is 39.0 Å². The molecule has 0 aromatic heterocycles. The molecular formula is C14H21NOS. The van der Waals surface area contributed by atoms with E-state index in [4.69, 9.17) is 4.74 Å². The van der Waals surface area contributed by atoms with Crippen LogP contribution in [0.15, 0.2) is 34.4 Å². The third-order valence-electron chi connectivity index (χ3n) is 2.80. The molecule has 0 atom stereocenters. The molecule has 0 saturated carbocycles. The highest BCUT2D eigenvalue weighted by Crippen LogP contribution is 2.29. The van der Waals surface area contributed by atoms with Gasteiger partial charge in [-0.05, 0) is 56.8 Å². The van der Waals surface area contributed by atoms with Crippen molar-refractivity contribution < 1.29 is 4.74 Å². The van der Waals surface area contributed by atoms with Crippen molar-refractivity contribution in [3.05, 3.63) is 35.0 Å². The fraction of sp³-hybridized carbons (Fsp3) is 0.429. The van der Waals surface area contributed by atoms with Gasteiger partial charge in [-0.3, -0.25) is 0 Å². The van der Waals surface area contributed by atoms with Gasteiger partial charge in [0.2, 0.25) is 0 Å². The van der Waals surface area contributed by atoms with Gasteiger partial charge in [0.25, 0.3) is 0 Å².